The second-order valence-electron chi connectivity index (χ2n) is 4.05. The molecule has 0 bridgehead atoms. The molecule has 0 spiro atoms. The molecule has 0 radical (unpaired) electrons. The topological polar surface area (TPSA) is 56.1 Å². The predicted molar refractivity (Wildman–Crippen MR) is 64.0 cm³/mol. The van der Waals surface area contributed by atoms with E-state index in [0.717, 1.165) is 18.7 Å². The SMILES string of the molecule is N#CCC(=O)N1CCNCC1c1ccccc1. The van der Waals surface area contributed by atoms with E-state index in [0.29, 0.717) is 6.54 Å². The van der Waals surface area contributed by atoms with Crippen LogP contribution >= 0.6 is 0 Å². The van der Waals surface area contributed by atoms with Crippen molar-refractivity contribution >= 4 is 5.91 Å². The lowest BCUT2D eigenvalue weighted by molar-refractivity contribution is -0.133. The van der Waals surface area contributed by atoms with Gasteiger partial charge in [-0.2, -0.15) is 5.26 Å². The molecule has 2 rings (SSSR count). The third-order valence-corrected chi connectivity index (χ3v) is 2.98. The molecule has 17 heavy (non-hydrogen) atoms. The van der Waals surface area contributed by atoms with Gasteiger partial charge in [0.1, 0.15) is 6.42 Å². The van der Waals surface area contributed by atoms with Gasteiger partial charge in [0, 0.05) is 19.6 Å². The normalized spacial score (nSPS) is 19.7. The van der Waals surface area contributed by atoms with Crippen LogP contribution in [-0.2, 0) is 4.79 Å². The minimum Gasteiger partial charge on any atom is -0.332 e. The van der Waals surface area contributed by atoms with Gasteiger partial charge in [-0.15, -0.1) is 0 Å². The highest BCUT2D eigenvalue weighted by molar-refractivity contribution is 5.79. The summed E-state index contributed by atoms with van der Waals surface area (Å²) in [5.41, 5.74) is 1.12. The van der Waals surface area contributed by atoms with Crippen LogP contribution in [0.3, 0.4) is 0 Å². The van der Waals surface area contributed by atoms with Gasteiger partial charge in [-0.25, -0.2) is 0 Å². The lowest BCUT2D eigenvalue weighted by Gasteiger charge is -2.36. The summed E-state index contributed by atoms with van der Waals surface area (Å²) in [6.45, 7) is 2.21. The Kier molecular flexibility index (Phi) is 3.73. The summed E-state index contributed by atoms with van der Waals surface area (Å²) in [7, 11) is 0. The molecule has 1 fully saturated rings. The fourth-order valence-corrected chi connectivity index (χ4v) is 2.14. The van der Waals surface area contributed by atoms with Crippen molar-refractivity contribution in [3.63, 3.8) is 0 Å². The van der Waals surface area contributed by atoms with Gasteiger partial charge in [0.15, 0.2) is 0 Å². The average Bonchev–Trinajstić information content (AvgIpc) is 2.40. The molecule has 1 aromatic carbocycles. The zero-order chi connectivity index (χ0) is 12.1. The maximum atomic E-state index is 11.9. The Morgan fingerprint density at radius 3 is 2.94 bits per heavy atom. The van der Waals surface area contributed by atoms with Gasteiger partial charge in [0.05, 0.1) is 12.1 Å². The van der Waals surface area contributed by atoms with Crippen molar-refractivity contribution in [1.82, 2.24) is 10.2 Å². The summed E-state index contributed by atoms with van der Waals surface area (Å²) in [5.74, 6) is -0.0807. The second-order valence-corrected chi connectivity index (χ2v) is 4.05. The van der Waals surface area contributed by atoms with Crippen LogP contribution < -0.4 is 5.32 Å². The number of rotatable bonds is 2. The Hall–Kier alpha value is -1.86. The van der Waals surface area contributed by atoms with Gasteiger partial charge in [-0.05, 0) is 5.56 Å². The number of nitriles is 1. The van der Waals surface area contributed by atoms with E-state index < -0.39 is 0 Å². The van der Waals surface area contributed by atoms with E-state index in [2.05, 4.69) is 5.32 Å². The van der Waals surface area contributed by atoms with Crippen molar-refractivity contribution in [2.45, 2.75) is 12.5 Å². The fourth-order valence-electron chi connectivity index (χ4n) is 2.14. The molecule has 88 valence electrons. The quantitative estimate of drug-likeness (QED) is 0.825. The maximum absolute atomic E-state index is 11.9. The van der Waals surface area contributed by atoms with Crippen LogP contribution in [0.2, 0.25) is 0 Å². The molecule has 1 atom stereocenters. The van der Waals surface area contributed by atoms with E-state index in [4.69, 9.17) is 5.26 Å². The first-order valence-electron chi connectivity index (χ1n) is 5.75. The van der Waals surface area contributed by atoms with Crippen molar-refractivity contribution in [2.24, 2.45) is 0 Å². The van der Waals surface area contributed by atoms with Gasteiger partial charge >= 0.3 is 0 Å². The van der Waals surface area contributed by atoms with Crippen LogP contribution in [0, 0.1) is 11.3 Å². The Morgan fingerprint density at radius 2 is 2.24 bits per heavy atom. The summed E-state index contributed by atoms with van der Waals surface area (Å²) < 4.78 is 0. The van der Waals surface area contributed by atoms with E-state index in [-0.39, 0.29) is 18.4 Å². The number of carbonyl (C=O) groups is 1. The molecule has 4 nitrogen and oxygen atoms in total. The fraction of sp³-hybridized carbons (Fsp3) is 0.385. The Bertz CT molecular complexity index is 424. The van der Waals surface area contributed by atoms with Crippen LogP contribution in [0.25, 0.3) is 0 Å². The predicted octanol–water partition coefficient (Wildman–Crippen LogP) is 1.07. The molecule has 4 heteroatoms. The van der Waals surface area contributed by atoms with Crippen molar-refractivity contribution in [3.8, 4) is 6.07 Å². The summed E-state index contributed by atoms with van der Waals surface area (Å²) >= 11 is 0. The first-order valence-corrected chi connectivity index (χ1v) is 5.75. The zero-order valence-electron chi connectivity index (χ0n) is 9.60. The van der Waals surface area contributed by atoms with Gasteiger partial charge < -0.3 is 10.2 Å². The molecule has 0 saturated carbocycles. The molecule has 1 aromatic rings. The molecule has 1 aliphatic rings. The smallest absolute Gasteiger partial charge is 0.237 e. The molecular weight excluding hydrogens is 214 g/mol. The number of piperazine rings is 1. The Balaban J connectivity index is 2.18. The van der Waals surface area contributed by atoms with Crippen LogP contribution in [-0.4, -0.2) is 30.4 Å². The molecule has 1 amide bonds. The highest BCUT2D eigenvalue weighted by Crippen LogP contribution is 2.22. The van der Waals surface area contributed by atoms with Crippen molar-refractivity contribution in [2.75, 3.05) is 19.6 Å². The highest BCUT2D eigenvalue weighted by Gasteiger charge is 2.27. The van der Waals surface area contributed by atoms with Crippen molar-refractivity contribution in [3.05, 3.63) is 35.9 Å². The first-order chi connectivity index (χ1) is 8.33. The third kappa shape index (κ3) is 2.63. The number of benzene rings is 1. The zero-order valence-corrected chi connectivity index (χ0v) is 9.60. The van der Waals surface area contributed by atoms with Gasteiger partial charge in [0.2, 0.25) is 5.91 Å². The van der Waals surface area contributed by atoms with E-state index in [9.17, 15) is 4.79 Å². The van der Waals surface area contributed by atoms with E-state index in [1.54, 1.807) is 4.90 Å². The minimum absolute atomic E-state index is 0.0384. The molecular formula is C13H15N3O. The van der Waals surface area contributed by atoms with E-state index in [1.807, 2.05) is 36.4 Å². The molecule has 0 aliphatic carbocycles. The van der Waals surface area contributed by atoms with Gasteiger partial charge in [-0.3, -0.25) is 4.79 Å². The average molecular weight is 229 g/mol. The molecule has 0 aromatic heterocycles. The van der Waals surface area contributed by atoms with Crippen LogP contribution in [0.1, 0.15) is 18.0 Å². The second kappa shape index (κ2) is 5.46. The summed E-state index contributed by atoms with van der Waals surface area (Å²) in [5, 5.41) is 11.9. The molecule has 1 saturated heterocycles. The summed E-state index contributed by atoms with van der Waals surface area (Å²) in [6, 6.07) is 11.9. The molecule has 1 N–H and O–H groups in total. The minimum atomic E-state index is -0.0807. The van der Waals surface area contributed by atoms with Crippen LogP contribution in [0.4, 0.5) is 0 Å². The number of carbonyl (C=O) groups excluding carboxylic acids is 1. The number of hydrogen-bond acceptors (Lipinski definition) is 3. The Morgan fingerprint density at radius 1 is 1.47 bits per heavy atom. The first kappa shape index (κ1) is 11.6. The lowest BCUT2D eigenvalue weighted by atomic mass is 10.0. The maximum Gasteiger partial charge on any atom is 0.237 e. The largest absolute Gasteiger partial charge is 0.332 e. The molecule has 1 aliphatic heterocycles. The highest BCUT2D eigenvalue weighted by atomic mass is 16.2. The number of nitrogens with zero attached hydrogens (tertiary/aromatic N) is 2. The molecule has 1 unspecified atom stereocenters. The molecule has 1 heterocycles. The number of hydrogen-bond donors (Lipinski definition) is 1. The lowest BCUT2D eigenvalue weighted by Crippen LogP contribution is -2.48. The Labute approximate surface area is 101 Å². The van der Waals surface area contributed by atoms with Crippen molar-refractivity contribution < 1.29 is 4.79 Å². The monoisotopic (exact) mass is 229 g/mol. The van der Waals surface area contributed by atoms with E-state index >= 15 is 0 Å². The van der Waals surface area contributed by atoms with Gasteiger partial charge in [-0.1, -0.05) is 30.3 Å². The number of amides is 1. The van der Waals surface area contributed by atoms with Crippen LogP contribution in [0.15, 0.2) is 30.3 Å². The summed E-state index contributed by atoms with van der Waals surface area (Å²) in [4.78, 5) is 13.7. The summed E-state index contributed by atoms with van der Waals surface area (Å²) in [6.07, 6.45) is -0.0384. The number of nitrogens with one attached hydrogen (secondary N) is 1. The van der Waals surface area contributed by atoms with Gasteiger partial charge in [0.25, 0.3) is 0 Å². The van der Waals surface area contributed by atoms with E-state index in [1.165, 1.54) is 0 Å². The third-order valence-electron chi connectivity index (χ3n) is 2.98. The van der Waals surface area contributed by atoms with Crippen molar-refractivity contribution in [1.29, 1.82) is 5.26 Å². The van der Waals surface area contributed by atoms with Crippen LogP contribution in [0.5, 0.6) is 0 Å². The standard InChI is InChI=1S/C13H15N3O/c14-7-6-13(17)16-9-8-15-10-12(16)11-4-2-1-3-5-11/h1-5,12,15H,6,8-10H2.